The molecule has 82 valence electrons. The zero-order valence-corrected chi connectivity index (χ0v) is 9.85. The first kappa shape index (κ1) is 11.0. The molecular weight excluding hydrogens is 261 g/mol. The van der Waals surface area contributed by atoms with Gasteiger partial charge in [0.05, 0.1) is 11.1 Å². The molecule has 0 radical (unpaired) electrons. The molecule has 1 aromatic rings. The molecule has 0 aromatic heterocycles. The first-order valence-electron chi connectivity index (χ1n) is 4.95. The van der Waals surface area contributed by atoms with Crippen LogP contribution in [0.2, 0.25) is 0 Å². The van der Waals surface area contributed by atoms with Gasteiger partial charge >= 0.3 is 0 Å². The topological polar surface area (TPSA) is 32.3 Å². The van der Waals surface area contributed by atoms with Crippen molar-refractivity contribution in [3.63, 3.8) is 0 Å². The normalized spacial score (nSPS) is 17.8. The van der Waals surface area contributed by atoms with E-state index in [4.69, 9.17) is 5.11 Å². The van der Waals surface area contributed by atoms with Crippen molar-refractivity contribution in [2.75, 3.05) is 6.61 Å². The quantitative estimate of drug-likeness (QED) is 0.882. The van der Waals surface area contributed by atoms with E-state index >= 15 is 0 Å². The van der Waals surface area contributed by atoms with E-state index in [0.29, 0.717) is 11.0 Å². The highest BCUT2D eigenvalue weighted by Gasteiger charge is 2.41. The fourth-order valence-electron chi connectivity index (χ4n) is 1.48. The Kier molecular flexibility index (Phi) is 3.09. The monoisotopic (exact) mass is 273 g/mol. The van der Waals surface area contributed by atoms with E-state index in [0.717, 1.165) is 18.4 Å². The van der Waals surface area contributed by atoms with E-state index in [1.54, 1.807) is 12.1 Å². The highest BCUT2D eigenvalue weighted by atomic mass is 79.9. The van der Waals surface area contributed by atoms with Crippen molar-refractivity contribution < 1.29 is 9.50 Å². The average molecular weight is 274 g/mol. The summed E-state index contributed by atoms with van der Waals surface area (Å²) in [7, 11) is 0. The number of halogens is 2. The maximum Gasteiger partial charge on any atom is 0.137 e. The second-order valence-corrected chi connectivity index (χ2v) is 4.89. The third-order valence-electron chi connectivity index (χ3n) is 2.81. The van der Waals surface area contributed by atoms with Crippen LogP contribution >= 0.6 is 15.9 Å². The van der Waals surface area contributed by atoms with Crippen LogP contribution in [-0.2, 0) is 6.54 Å². The van der Waals surface area contributed by atoms with Gasteiger partial charge in [0, 0.05) is 12.1 Å². The first-order chi connectivity index (χ1) is 7.15. The molecule has 1 aliphatic carbocycles. The summed E-state index contributed by atoms with van der Waals surface area (Å²) < 4.78 is 13.4. The van der Waals surface area contributed by atoms with Gasteiger partial charge in [0.25, 0.3) is 0 Å². The number of hydrogen-bond acceptors (Lipinski definition) is 2. The first-order valence-corrected chi connectivity index (χ1v) is 5.74. The summed E-state index contributed by atoms with van der Waals surface area (Å²) in [5, 5.41) is 12.4. The summed E-state index contributed by atoms with van der Waals surface area (Å²) in [5.41, 5.74) is 0.948. The van der Waals surface area contributed by atoms with E-state index in [1.807, 2.05) is 0 Å². The molecular formula is C11H13BrFNO. The van der Waals surface area contributed by atoms with Crippen LogP contribution in [0.15, 0.2) is 22.7 Å². The number of aliphatic hydroxyl groups excluding tert-OH is 1. The zero-order valence-electron chi connectivity index (χ0n) is 8.26. The summed E-state index contributed by atoms with van der Waals surface area (Å²) in [6, 6.07) is 4.95. The molecule has 0 aliphatic heterocycles. The highest BCUT2D eigenvalue weighted by Crippen LogP contribution is 2.34. The van der Waals surface area contributed by atoms with E-state index in [9.17, 15) is 4.39 Å². The van der Waals surface area contributed by atoms with Crippen LogP contribution in [0.3, 0.4) is 0 Å². The van der Waals surface area contributed by atoms with Gasteiger partial charge in [0.1, 0.15) is 5.82 Å². The van der Waals surface area contributed by atoms with Crippen LogP contribution in [0.5, 0.6) is 0 Å². The fraction of sp³-hybridized carbons (Fsp3) is 0.455. The van der Waals surface area contributed by atoms with Crippen LogP contribution in [0.25, 0.3) is 0 Å². The van der Waals surface area contributed by atoms with Gasteiger partial charge in [-0.1, -0.05) is 6.07 Å². The molecule has 0 atom stereocenters. The Morgan fingerprint density at radius 1 is 1.47 bits per heavy atom. The lowest BCUT2D eigenvalue weighted by molar-refractivity contribution is 0.229. The van der Waals surface area contributed by atoms with Crippen LogP contribution in [0.4, 0.5) is 4.39 Å². The number of rotatable bonds is 4. The van der Waals surface area contributed by atoms with Crippen molar-refractivity contribution in [2.45, 2.75) is 24.9 Å². The largest absolute Gasteiger partial charge is 0.394 e. The van der Waals surface area contributed by atoms with Crippen molar-refractivity contribution in [3.05, 3.63) is 34.1 Å². The van der Waals surface area contributed by atoms with E-state index in [1.165, 1.54) is 6.07 Å². The lowest BCUT2D eigenvalue weighted by Gasteiger charge is -2.14. The Balaban J connectivity index is 1.96. The van der Waals surface area contributed by atoms with Gasteiger partial charge in [0.15, 0.2) is 0 Å². The standard InChI is InChI=1S/C11H13BrFNO/c12-9-5-8(1-2-10(9)13)6-14-11(7-15)3-4-11/h1-2,5,14-15H,3-4,6-7H2. The molecule has 2 rings (SSSR count). The fourth-order valence-corrected chi connectivity index (χ4v) is 1.91. The molecule has 4 heteroatoms. The molecule has 1 aliphatic rings. The predicted octanol–water partition coefficient (Wildman–Crippen LogP) is 2.20. The number of aliphatic hydroxyl groups is 1. The molecule has 2 N–H and O–H groups in total. The number of nitrogens with one attached hydrogen (secondary N) is 1. The molecule has 0 saturated heterocycles. The Labute approximate surface area is 96.6 Å². The molecule has 1 fully saturated rings. The Morgan fingerprint density at radius 3 is 2.73 bits per heavy atom. The second-order valence-electron chi connectivity index (χ2n) is 4.04. The van der Waals surface area contributed by atoms with Crippen molar-refractivity contribution in [3.8, 4) is 0 Å². The van der Waals surface area contributed by atoms with Crippen LogP contribution in [-0.4, -0.2) is 17.3 Å². The predicted molar refractivity (Wildman–Crippen MR) is 60.0 cm³/mol. The van der Waals surface area contributed by atoms with Crippen molar-refractivity contribution in [2.24, 2.45) is 0 Å². The summed E-state index contributed by atoms with van der Waals surface area (Å²) in [4.78, 5) is 0. The molecule has 1 saturated carbocycles. The molecule has 0 unspecified atom stereocenters. The molecule has 15 heavy (non-hydrogen) atoms. The minimum atomic E-state index is -0.248. The number of benzene rings is 1. The third kappa shape index (κ3) is 2.56. The lowest BCUT2D eigenvalue weighted by atomic mass is 10.2. The van der Waals surface area contributed by atoms with Crippen molar-refractivity contribution in [1.29, 1.82) is 0 Å². The van der Waals surface area contributed by atoms with Gasteiger partial charge in [-0.05, 0) is 46.5 Å². The average Bonchev–Trinajstić information content (AvgIpc) is 3.01. The van der Waals surface area contributed by atoms with E-state index < -0.39 is 0 Å². The third-order valence-corrected chi connectivity index (χ3v) is 3.42. The van der Waals surface area contributed by atoms with Crippen LogP contribution in [0, 0.1) is 5.82 Å². The number of hydrogen-bond donors (Lipinski definition) is 2. The van der Waals surface area contributed by atoms with Gasteiger partial charge in [0.2, 0.25) is 0 Å². The van der Waals surface area contributed by atoms with Gasteiger partial charge in [-0.15, -0.1) is 0 Å². The van der Waals surface area contributed by atoms with Gasteiger partial charge in [-0.3, -0.25) is 0 Å². The highest BCUT2D eigenvalue weighted by molar-refractivity contribution is 9.10. The van der Waals surface area contributed by atoms with Crippen LogP contribution < -0.4 is 5.32 Å². The van der Waals surface area contributed by atoms with Gasteiger partial charge in [-0.2, -0.15) is 0 Å². The smallest absolute Gasteiger partial charge is 0.137 e. The Bertz CT molecular complexity index is 366. The molecule has 0 heterocycles. The molecule has 0 spiro atoms. The second kappa shape index (κ2) is 4.20. The Morgan fingerprint density at radius 2 is 2.20 bits per heavy atom. The van der Waals surface area contributed by atoms with E-state index in [2.05, 4.69) is 21.2 Å². The van der Waals surface area contributed by atoms with Gasteiger partial charge < -0.3 is 10.4 Å². The zero-order chi connectivity index (χ0) is 10.9. The van der Waals surface area contributed by atoms with Crippen molar-refractivity contribution in [1.82, 2.24) is 5.32 Å². The summed E-state index contributed by atoms with van der Waals surface area (Å²) >= 11 is 3.15. The minimum Gasteiger partial charge on any atom is -0.394 e. The summed E-state index contributed by atoms with van der Waals surface area (Å²) in [6.07, 6.45) is 2.04. The molecule has 0 bridgehead atoms. The maximum atomic E-state index is 12.9. The molecule has 2 nitrogen and oxygen atoms in total. The van der Waals surface area contributed by atoms with Crippen LogP contribution in [0.1, 0.15) is 18.4 Å². The lowest BCUT2D eigenvalue weighted by Crippen LogP contribution is -2.34. The van der Waals surface area contributed by atoms with Crippen molar-refractivity contribution >= 4 is 15.9 Å². The summed E-state index contributed by atoms with van der Waals surface area (Å²) in [6.45, 7) is 0.842. The maximum absolute atomic E-state index is 12.9. The summed E-state index contributed by atoms with van der Waals surface area (Å²) in [5.74, 6) is -0.248. The SMILES string of the molecule is OCC1(NCc2ccc(F)c(Br)c2)CC1. The molecule has 1 aromatic carbocycles. The van der Waals surface area contributed by atoms with E-state index in [-0.39, 0.29) is 18.0 Å². The molecule has 0 amide bonds. The Hall–Kier alpha value is -0.450. The van der Waals surface area contributed by atoms with Gasteiger partial charge in [-0.25, -0.2) is 4.39 Å². The minimum absolute atomic E-state index is 0.0686.